The van der Waals surface area contributed by atoms with Gasteiger partial charge >= 0.3 is 5.97 Å². The lowest BCUT2D eigenvalue weighted by Gasteiger charge is -2.11. The van der Waals surface area contributed by atoms with Gasteiger partial charge in [-0.1, -0.05) is 111 Å². The minimum absolute atomic E-state index is 0. The molecule has 17 nitrogen and oxygen atoms in total. The summed E-state index contributed by atoms with van der Waals surface area (Å²) in [6.45, 7) is 11.1. The molecule has 0 saturated carbocycles. The molecule has 0 aromatic rings. The van der Waals surface area contributed by atoms with Gasteiger partial charge in [0.05, 0.1) is 32.3 Å². The SMILES string of the molecule is CCCCCCCCCCCCCCCCCC(=O)C[C@@H](CCC(=O)NOC)C(=O)O.CCCN.CCCOCC(=O)CCCOCCOCC(=O)NCCCCC(N)C(C)=O.O.O. The third-order valence-electron chi connectivity index (χ3n) is 9.85. The molecule has 1 unspecified atom stereocenters. The van der Waals surface area contributed by atoms with E-state index in [1.54, 1.807) is 0 Å². The number of ether oxygens (including phenoxy) is 3. The van der Waals surface area contributed by atoms with Gasteiger partial charge in [0.2, 0.25) is 11.8 Å². The second-order valence-corrected chi connectivity index (χ2v) is 16.0. The van der Waals surface area contributed by atoms with Crippen LogP contribution in [0.25, 0.3) is 0 Å². The predicted molar refractivity (Wildman–Crippen MR) is 254 cm³/mol. The van der Waals surface area contributed by atoms with Crippen molar-refractivity contribution in [2.75, 3.05) is 59.8 Å². The highest BCUT2D eigenvalue weighted by Gasteiger charge is 2.22. The van der Waals surface area contributed by atoms with Crippen LogP contribution >= 0.6 is 0 Å². The molecule has 0 rings (SSSR count). The van der Waals surface area contributed by atoms with E-state index in [2.05, 4.69) is 29.5 Å². The summed E-state index contributed by atoms with van der Waals surface area (Å²) in [5, 5.41) is 12.0. The molecule has 0 aromatic heterocycles. The van der Waals surface area contributed by atoms with E-state index < -0.39 is 17.9 Å². The summed E-state index contributed by atoms with van der Waals surface area (Å²) in [4.78, 5) is 73.2. The number of unbranched alkanes of at least 4 members (excludes halogenated alkanes) is 15. The Labute approximate surface area is 386 Å². The number of Topliss-reactive ketones (excluding diaryl/α,β-unsaturated/α-hetero) is 3. The van der Waals surface area contributed by atoms with Crippen molar-refractivity contribution >= 4 is 35.1 Å². The molecule has 0 aliphatic rings. The van der Waals surface area contributed by atoms with Gasteiger partial charge in [-0.15, -0.1) is 0 Å². The molecule has 0 aromatic carbocycles. The van der Waals surface area contributed by atoms with Crippen molar-refractivity contribution in [1.82, 2.24) is 10.8 Å². The van der Waals surface area contributed by atoms with E-state index in [0.717, 1.165) is 51.5 Å². The van der Waals surface area contributed by atoms with Gasteiger partial charge in [-0.2, -0.15) is 0 Å². The second-order valence-electron chi connectivity index (χ2n) is 16.0. The largest absolute Gasteiger partial charge is 0.481 e. The molecular formula is C47H96N4O13. The maximum atomic E-state index is 12.1. The van der Waals surface area contributed by atoms with Crippen molar-refractivity contribution in [3.63, 3.8) is 0 Å². The number of hydrogen-bond acceptors (Lipinski definition) is 12. The van der Waals surface area contributed by atoms with E-state index in [-0.39, 0.29) is 72.6 Å². The van der Waals surface area contributed by atoms with Crippen LogP contribution in [-0.2, 0) is 47.8 Å². The van der Waals surface area contributed by atoms with Crippen molar-refractivity contribution in [1.29, 1.82) is 0 Å². The quantitative estimate of drug-likeness (QED) is 0.0343. The minimum Gasteiger partial charge on any atom is -0.481 e. The van der Waals surface area contributed by atoms with Crippen LogP contribution in [0, 0.1) is 5.92 Å². The average Bonchev–Trinajstić information content (AvgIpc) is 3.24. The zero-order valence-electron chi connectivity index (χ0n) is 40.9. The van der Waals surface area contributed by atoms with E-state index in [9.17, 15) is 33.9 Å². The molecule has 11 N–H and O–H groups in total. The molecule has 0 saturated heterocycles. The van der Waals surface area contributed by atoms with Crippen molar-refractivity contribution in [2.45, 2.75) is 201 Å². The standard InChI is InChI=1S/C25H47NO5.C19H36N2O6.C3H9N.2H2O/c1-3-4-5-6-7-8-9-10-11-12-13-14-15-16-17-18-23(27)21-22(25(29)30)19-20-24(28)26-31-2;1-3-10-26-14-17(23)7-6-11-25-12-13-27-15-19(24)21-9-5-4-8-18(20)16(2)22;1-2-3-4;;/h22H,3-21H2,1-2H3,(H,26,28)(H,29,30);18H,3-15,20H2,1-2H3,(H,21,24);2-4H2,1H3;2*1H2/t22-;;;;/m1..../s1. The van der Waals surface area contributed by atoms with Gasteiger partial charge in [-0.3, -0.25) is 33.6 Å². The first-order valence-corrected chi connectivity index (χ1v) is 23.9. The summed E-state index contributed by atoms with van der Waals surface area (Å²) in [5.41, 5.74) is 12.8. The molecule has 0 heterocycles. The van der Waals surface area contributed by atoms with Gasteiger partial charge < -0.3 is 47.1 Å². The summed E-state index contributed by atoms with van der Waals surface area (Å²) < 4.78 is 15.8. The first-order chi connectivity index (χ1) is 29.9. The van der Waals surface area contributed by atoms with Crippen LogP contribution in [0.5, 0.6) is 0 Å². The normalized spacial score (nSPS) is 11.3. The number of carbonyl (C=O) groups is 6. The van der Waals surface area contributed by atoms with Crippen molar-refractivity contribution in [2.24, 2.45) is 17.4 Å². The number of hydrogen-bond donors (Lipinski definition) is 5. The fraction of sp³-hybridized carbons (Fsp3) is 0.872. The number of amides is 2. The van der Waals surface area contributed by atoms with Crippen molar-refractivity contribution in [3.05, 3.63) is 0 Å². The smallest absolute Gasteiger partial charge is 0.306 e. The number of nitrogens with two attached hydrogens (primary N) is 2. The predicted octanol–water partition coefficient (Wildman–Crippen LogP) is 6.07. The van der Waals surface area contributed by atoms with Gasteiger partial charge in [0.1, 0.15) is 24.8 Å². The number of carboxylic acids is 1. The summed E-state index contributed by atoms with van der Waals surface area (Å²) in [7, 11) is 1.33. The number of ketones is 3. The van der Waals surface area contributed by atoms with E-state index in [4.69, 9.17) is 25.7 Å². The highest BCUT2D eigenvalue weighted by molar-refractivity contribution is 5.84. The number of nitrogens with one attached hydrogen (secondary N) is 2. The van der Waals surface area contributed by atoms with Gasteiger partial charge in [-0.25, -0.2) is 5.48 Å². The van der Waals surface area contributed by atoms with Crippen LogP contribution < -0.4 is 22.3 Å². The van der Waals surface area contributed by atoms with Crippen LogP contribution in [0.1, 0.15) is 195 Å². The lowest BCUT2D eigenvalue weighted by Crippen LogP contribution is -2.30. The number of aliphatic carboxylic acids is 1. The number of carbonyl (C=O) groups excluding carboxylic acids is 5. The molecule has 0 aliphatic carbocycles. The molecule has 382 valence electrons. The third-order valence-corrected chi connectivity index (χ3v) is 9.85. The van der Waals surface area contributed by atoms with Gasteiger partial charge in [0.15, 0.2) is 5.78 Å². The van der Waals surface area contributed by atoms with E-state index >= 15 is 0 Å². The minimum atomic E-state index is -1.02. The molecule has 0 fully saturated rings. The lowest BCUT2D eigenvalue weighted by molar-refractivity contribution is -0.144. The number of hydroxylamine groups is 1. The van der Waals surface area contributed by atoms with Gasteiger partial charge in [-0.05, 0) is 64.8 Å². The maximum absolute atomic E-state index is 12.1. The van der Waals surface area contributed by atoms with E-state index in [0.29, 0.717) is 58.7 Å². The van der Waals surface area contributed by atoms with Crippen LogP contribution in [0.3, 0.4) is 0 Å². The molecule has 2 atom stereocenters. The topological polar surface area (TPSA) is 299 Å². The molecular weight excluding hydrogens is 829 g/mol. The molecule has 64 heavy (non-hydrogen) atoms. The zero-order chi connectivity index (χ0) is 46.9. The molecule has 0 aliphatic heterocycles. The summed E-state index contributed by atoms with van der Waals surface area (Å²) in [5.74, 6) is -2.31. The third kappa shape index (κ3) is 57.1. The van der Waals surface area contributed by atoms with Crippen molar-refractivity contribution < 1.29 is 63.9 Å². The van der Waals surface area contributed by atoms with E-state index in [1.165, 1.54) is 91.1 Å². The van der Waals surface area contributed by atoms with Crippen LogP contribution in [0.4, 0.5) is 0 Å². The zero-order valence-corrected chi connectivity index (χ0v) is 40.9. The molecule has 17 heteroatoms. The van der Waals surface area contributed by atoms with Gasteiger partial charge in [0.25, 0.3) is 0 Å². The van der Waals surface area contributed by atoms with E-state index in [1.807, 2.05) is 6.92 Å². The Morgan fingerprint density at radius 2 is 1.08 bits per heavy atom. The lowest BCUT2D eigenvalue weighted by atomic mass is 9.94. The Morgan fingerprint density at radius 3 is 1.58 bits per heavy atom. The average molecular weight is 925 g/mol. The highest BCUT2D eigenvalue weighted by atomic mass is 16.6. The summed E-state index contributed by atoms with van der Waals surface area (Å²) in [6.07, 6.45) is 25.1. The Balaban J connectivity index is -0.000000327. The molecule has 2 amide bonds. The fourth-order valence-electron chi connectivity index (χ4n) is 5.98. The molecule has 0 radical (unpaired) electrons. The van der Waals surface area contributed by atoms with Gasteiger partial charge in [0, 0.05) is 45.4 Å². The van der Waals surface area contributed by atoms with Crippen molar-refractivity contribution in [3.8, 4) is 0 Å². The fourth-order valence-corrected chi connectivity index (χ4v) is 5.98. The highest BCUT2D eigenvalue weighted by Crippen LogP contribution is 2.17. The molecule has 0 bridgehead atoms. The van der Waals surface area contributed by atoms with Crippen LogP contribution in [0.2, 0.25) is 0 Å². The second kappa shape index (κ2) is 56.2. The summed E-state index contributed by atoms with van der Waals surface area (Å²) in [6, 6.07) is -0.406. The maximum Gasteiger partial charge on any atom is 0.306 e. The van der Waals surface area contributed by atoms with Crippen LogP contribution in [0.15, 0.2) is 0 Å². The first kappa shape index (κ1) is 70.1. The number of rotatable bonds is 43. The van der Waals surface area contributed by atoms with Crippen LogP contribution in [-0.4, -0.2) is 117 Å². The Kier molecular flexibility index (Phi) is 61.6. The monoisotopic (exact) mass is 925 g/mol. The first-order valence-electron chi connectivity index (χ1n) is 23.9. The Hall–Kier alpha value is -2.90. The summed E-state index contributed by atoms with van der Waals surface area (Å²) >= 11 is 0. The Morgan fingerprint density at radius 1 is 0.562 bits per heavy atom. The molecule has 0 spiro atoms. The Bertz CT molecular complexity index is 1080. The number of carboxylic acid groups (broad SMARTS) is 1.